The molecule has 2 heterocycles. The zero-order chi connectivity index (χ0) is 19.1. The predicted octanol–water partition coefficient (Wildman–Crippen LogP) is 4.92. The van der Waals surface area contributed by atoms with Crippen LogP contribution >= 0.6 is 0 Å². The number of aromatic nitrogens is 1. The highest BCUT2D eigenvalue weighted by Crippen LogP contribution is 2.36. The first-order valence-electron chi connectivity index (χ1n) is 8.85. The molecular formula is C22H16N2O4. The molecule has 0 fully saturated rings. The molecule has 0 radical (unpaired) electrons. The molecule has 0 saturated carbocycles. The van der Waals surface area contributed by atoms with Crippen molar-refractivity contribution in [2.45, 2.75) is 6.42 Å². The Morgan fingerprint density at radius 1 is 0.964 bits per heavy atom. The van der Waals surface area contributed by atoms with E-state index in [1.54, 1.807) is 13.2 Å². The summed E-state index contributed by atoms with van der Waals surface area (Å²) in [5.41, 5.74) is 3.27. The summed E-state index contributed by atoms with van der Waals surface area (Å²) >= 11 is 0. The van der Waals surface area contributed by atoms with Crippen molar-refractivity contribution in [2.24, 2.45) is 0 Å². The van der Waals surface area contributed by atoms with E-state index in [4.69, 9.17) is 13.7 Å². The van der Waals surface area contributed by atoms with E-state index >= 15 is 0 Å². The number of fused-ring (bicyclic) bond motifs is 4. The molecule has 0 saturated heterocycles. The highest BCUT2D eigenvalue weighted by molar-refractivity contribution is 6.08. The number of benzene rings is 3. The number of carbonyl (C=O) groups excluding carboxylic acids is 1. The minimum absolute atomic E-state index is 0.0956. The van der Waals surface area contributed by atoms with Gasteiger partial charge in [0.05, 0.1) is 19.2 Å². The molecule has 2 aromatic heterocycles. The first kappa shape index (κ1) is 16.4. The van der Waals surface area contributed by atoms with Gasteiger partial charge in [-0.1, -0.05) is 35.5 Å². The maximum atomic E-state index is 12.6. The smallest absolute Gasteiger partial charge is 0.230 e. The Hall–Kier alpha value is -3.80. The van der Waals surface area contributed by atoms with Crippen LogP contribution < -0.4 is 10.1 Å². The lowest BCUT2D eigenvalue weighted by atomic mass is 10.1. The van der Waals surface area contributed by atoms with Crippen LogP contribution in [0, 0.1) is 0 Å². The molecule has 0 spiro atoms. The van der Waals surface area contributed by atoms with Crippen LogP contribution in [0.1, 0.15) is 5.69 Å². The van der Waals surface area contributed by atoms with Gasteiger partial charge in [0, 0.05) is 22.2 Å². The van der Waals surface area contributed by atoms with Crippen LogP contribution in [0.25, 0.3) is 32.9 Å². The first-order chi connectivity index (χ1) is 13.7. The number of hydrogen-bond donors (Lipinski definition) is 1. The average Bonchev–Trinajstić information content (AvgIpc) is 3.28. The number of nitrogens with zero attached hydrogens (tertiary/aromatic N) is 1. The van der Waals surface area contributed by atoms with E-state index in [0.29, 0.717) is 28.3 Å². The molecule has 28 heavy (non-hydrogen) atoms. The third kappa shape index (κ3) is 2.66. The summed E-state index contributed by atoms with van der Waals surface area (Å²) in [7, 11) is 1.57. The molecule has 3 aromatic carbocycles. The summed E-state index contributed by atoms with van der Waals surface area (Å²) < 4.78 is 16.7. The largest absolute Gasteiger partial charge is 0.495 e. The number of para-hydroxylation sites is 2. The van der Waals surface area contributed by atoms with Gasteiger partial charge in [0.25, 0.3) is 0 Å². The molecule has 0 aliphatic heterocycles. The van der Waals surface area contributed by atoms with Gasteiger partial charge in [-0.3, -0.25) is 4.79 Å². The molecular weight excluding hydrogens is 356 g/mol. The molecule has 0 bridgehead atoms. The van der Waals surface area contributed by atoms with Crippen molar-refractivity contribution in [3.63, 3.8) is 0 Å². The predicted molar refractivity (Wildman–Crippen MR) is 107 cm³/mol. The highest BCUT2D eigenvalue weighted by atomic mass is 16.5. The monoisotopic (exact) mass is 372 g/mol. The molecule has 0 aliphatic carbocycles. The molecule has 1 N–H and O–H groups in total. The van der Waals surface area contributed by atoms with E-state index in [1.165, 1.54) is 0 Å². The average molecular weight is 372 g/mol. The highest BCUT2D eigenvalue weighted by Gasteiger charge is 2.16. The van der Waals surface area contributed by atoms with Gasteiger partial charge in [-0.2, -0.15) is 0 Å². The van der Waals surface area contributed by atoms with Crippen molar-refractivity contribution in [3.8, 4) is 5.75 Å². The van der Waals surface area contributed by atoms with E-state index in [1.807, 2.05) is 54.6 Å². The van der Waals surface area contributed by atoms with Gasteiger partial charge in [-0.05, 0) is 24.3 Å². The Balaban J connectivity index is 1.48. The number of rotatable bonds is 4. The fourth-order valence-corrected chi connectivity index (χ4v) is 3.43. The van der Waals surface area contributed by atoms with Crippen molar-refractivity contribution >= 4 is 44.5 Å². The Kier molecular flexibility index (Phi) is 3.76. The van der Waals surface area contributed by atoms with E-state index in [2.05, 4.69) is 10.5 Å². The van der Waals surface area contributed by atoms with Gasteiger partial charge < -0.3 is 19.0 Å². The zero-order valence-electron chi connectivity index (χ0n) is 15.1. The van der Waals surface area contributed by atoms with Gasteiger partial charge in [0.2, 0.25) is 5.91 Å². The molecule has 138 valence electrons. The lowest BCUT2D eigenvalue weighted by molar-refractivity contribution is -0.115. The number of furan rings is 1. The van der Waals surface area contributed by atoms with Crippen LogP contribution in [0.15, 0.2) is 69.6 Å². The number of amides is 1. The van der Waals surface area contributed by atoms with Crippen LogP contribution in [-0.2, 0) is 11.2 Å². The molecule has 1 amide bonds. The molecule has 6 nitrogen and oxygen atoms in total. The number of hydrogen-bond acceptors (Lipinski definition) is 5. The Bertz CT molecular complexity index is 1330. The van der Waals surface area contributed by atoms with Gasteiger partial charge in [0.15, 0.2) is 5.58 Å². The van der Waals surface area contributed by atoms with E-state index in [-0.39, 0.29) is 12.3 Å². The molecule has 0 aliphatic rings. The van der Waals surface area contributed by atoms with Crippen LogP contribution in [-0.4, -0.2) is 18.2 Å². The second kappa shape index (κ2) is 6.42. The minimum Gasteiger partial charge on any atom is -0.495 e. The van der Waals surface area contributed by atoms with Gasteiger partial charge >= 0.3 is 0 Å². The third-order valence-corrected chi connectivity index (χ3v) is 4.75. The summed E-state index contributed by atoms with van der Waals surface area (Å²) in [4.78, 5) is 12.6. The fourth-order valence-electron chi connectivity index (χ4n) is 3.43. The normalized spacial score (nSPS) is 11.3. The maximum absolute atomic E-state index is 12.6. The first-order valence-corrected chi connectivity index (χ1v) is 8.85. The second-order valence-corrected chi connectivity index (χ2v) is 6.50. The van der Waals surface area contributed by atoms with Gasteiger partial charge in [0.1, 0.15) is 22.6 Å². The number of anilines is 1. The van der Waals surface area contributed by atoms with E-state index < -0.39 is 0 Å². The molecule has 6 heteroatoms. The van der Waals surface area contributed by atoms with Crippen LogP contribution in [0.3, 0.4) is 0 Å². The van der Waals surface area contributed by atoms with Crippen LogP contribution in [0.2, 0.25) is 0 Å². The summed E-state index contributed by atoms with van der Waals surface area (Å²) in [6.45, 7) is 0. The van der Waals surface area contributed by atoms with Crippen molar-refractivity contribution in [2.75, 3.05) is 12.4 Å². The number of ether oxygens (including phenoxy) is 1. The third-order valence-electron chi connectivity index (χ3n) is 4.75. The standard InChI is InChI=1S/C22H16N2O4/c1-26-21-10-15-13-6-2-4-8-18(13)27-20(15)11-17(21)23-22(25)12-16-14-7-3-5-9-19(14)28-24-16/h2-11H,12H2,1H3,(H,23,25). The van der Waals surface area contributed by atoms with Crippen LogP contribution in [0.4, 0.5) is 5.69 Å². The SMILES string of the molecule is COc1cc2c(cc1NC(=O)Cc1noc3ccccc13)oc1ccccc12. The molecule has 5 rings (SSSR count). The fraction of sp³-hybridized carbons (Fsp3) is 0.0909. The zero-order valence-corrected chi connectivity index (χ0v) is 15.1. The molecule has 0 atom stereocenters. The number of methoxy groups -OCH3 is 1. The van der Waals surface area contributed by atoms with Gasteiger partial charge in [-0.15, -0.1) is 0 Å². The Morgan fingerprint density at radius 3 is 2.54 bits per heavy atom. The topological polar surface area (TPSA) is 77.5 Å². The maximum Gasteiger partial charge on any atom is 0.230 e. The Labute approximate surface area is 159 Å². The summed E-state index contributed by atoms with van der Waals surface area (Å²) in [6.07, 6.45) is 0.0956. The summed E-state index contributed by atoms with van der Waals surface area (Å²) in [5.74, 6) is 0.352. The lowest BCUT2D eigenvalue weighted by Crippen LogP contribution is -2.15. The van der Waals surface area contributed by atoms with Crippen LogP contribution in [0.5, 0.6) is 5.75 Å². The van der Waals surface area contributed by atoms with Crippen molar-refractivity contribution in [3.05, 3.63) is 66.4 Å². The number of nitrogens with one attached hydrogen (secondary N) is 1. The van der Waals surface area contributed by atoms with E-state index in [0.717, 1.165) is 21.7 Å². The van der Waals surface area contributed by atoms with E-state index in [9.17, 15) is 4.79 Å². The molecule has 0 unspecified atom stereocenters. The summed E-state index contributed by atoms with van der Waals surface area (Å²) in [5, 5.41) is 9.68. The second-order valence-electron chi connectivity index (χ2n) is 6.50. The quantitative estimate of drug-likeness (QED) is 0.485. The number of carbonyl (C=O) groups is 1. The lowest BCUT2D eigenvalue weighted by Gasteiger charge is -2.10. The van der Waals surface area contributed by atoms with Crippen molar-refractivity contribution in [1.82, 2.24) is 5.16 Å². The minimum atomic E-state index is -0.215. The van der Waals surface area contributed by atoms with Gasteiger partial charge in [-0.25, -0.2) is 0 Å². The summed E-state index contributed by atoms with van der Waals surface area (Å²) in [6, 6.07) is 18.9. The van der Waals surface area contributed by atoms with Crippen molar-refractivity contribution in [1.29, 1.82) is 0 Å². The molecule has 5 aromatic rings. The van der Waals surface area contributed by atoms with Crippen molar-refractivity contribution < 1.29 is 18.5 Å². The Morgan fingerprint density at radius 2 is 1.71 bits per heavy atom.